The van der Waals surface area contributed by atoms with E-state index < -0.39 is 17.8 Å². The van der Waals surface area contributed by atoms with Crippen LogP contribution in [0.25, 0.3) is 0 Å². The topological polar surface area (TPSA) is 20.2 Å². The predicted molar refractivity (Wildman–Crippen MR) is 79.3 cm³/mol. The van der Waals surface area contributed by atoms with Gasteiger partial charge in [0.2, 0.25) is 0 Å². The van der Waals surface area contributed by atoms with E-state index in [1.165, 1.54) is 6.07 Å². The van der Waals surface area contributed by atoms with Gasteiger partial charge >= 0.3 is 6.18 Å². The summed E-state index contributed by atoms with van der Waals surface area (Å²) in [6.45, 7) is 0. The molecule has 0 aromatic heterocycles. The Morgan fingerprint density at radius 1 is 1.14 bits per heavy atom. The smallest absolute Gasteiger partial charge is 0.388 e. The largest absolute Gasteiger partial charge is 0.416 e. The van der Waals surface area contributed by atoms with Crippen LogP contribution in [0.4, 0.5) is 13.2 Å². The van der Waals surface area contributed by atoms with E-state index in [9.17, 15) is 18.3 Å². The fourth-order valence-corrected chi connectivity index (χ4v) is 2.67. The first-order valence-electron chi connectivity index (χ1n) is 6.06. The van der Waals surface area contributed by atoms with Gasteiger partial charge in [0.1, 0.15) is 0 Å². The summed E-state index contributed by atoms with van der Waals surface area (Å²) in [5, 5.41) is 10.7. The zero-order valence-corrected chi connectivity index (χ0v) is 13.0. The summed E-state index contributed by atoms with van der Waals surface area (Å²) >= 11 is 9.16. The molecule has 0 bridgehead atoms. The van der Waals surface area contributed by atoms with Gasteiger partial charge in [0.05, 0.1) is 11.7 Å². The first kappa shape index (κ1) is 16.3. The summed E-state index contributed by atoms with van der Waals surface area (Å²) in [4.78, 5) is 0. The van der Waals surface area contributed by atoms with E-state index in [-0.39, 0.29) is 6.42 Å². The molecule has 1 unspecified atom stereocenters. The molecule has 2 aromatic rings. The van der Waals surface area contributed by atoms with Crippen molar-refractivity contribution in [3.63, 3.8) is 0 Å². The van der Waals surface area contributed by atoms with Crippen molar-refractivity contribution in [1.82, 2.24) is 0 Å². The second-order valence-electron chi connectivity index (χ2n) is 4.58. The highest BCUT2D eigenvalue weighted by atomic mass is 79.9. The third-order valence-corrected chi connectivity index (χ3v) is 3.96. The Morgan fingerprint density at radius 2 is 1.86 bits per heavy atom. The highest BCUT2D eigenvalue weighted by molar-refractivity contribution is 9.10. The quantitative estimate of drug-likeness (QED) is 0.757. The molecule has 0 radical (unpaired) electrons. The number of benzene rings is 2. The van der Waals surface area contributed by atoms with Gasteiger partial charge in [-0.1, -0.05) is 45.7 Å². The molecular formula is C15H11BrClF3O. The monoisotopic (exact) mass is 378 g/mol. The molecule has 1 nitrogen and oxygen atoms in total. The molecule has 2 rings (SSSR count). The van der Waals surface area contributed by atoms with Gasteiger partial charge in [-0.2, -0.15) is 13.2 Å². The second kappa shape index (κ2) is 6.38. The van der Waals surface area contributed by atoms with Crippen molar-refractivity contribution in [3.05, 3.63) is 68.7 Å². The zero-order valence-electron chi connectivity index (χ0n) is 10.7. The van der Waals surface area contributed by atoms with Crippen LogP contribution in [0.3, 0.4) is 0 Å². The Morgan fingerprint density at radius 3 is 2.52 bits per heavy atom. The van der Waals surface area contributed by atoms with E-state index in [0.29, 0.717) is 20.6 Å². The van der Waals surface area contributed by atoms with Gasteiger partial charge in [0, 0.05) is 15.9 Å². The molecule has 112 valence electrons. The standard InChI is InChI=1S/C15H11BrClF3O/c16-13-5-4-11(17)8-12(13)14(21)7-9-2-1-3-10(6-9)15(18,19)20/h1-6,8,14,21H,7H2. The van der Waals surface area contributed by atoms with Crippen LogP contribution in [0.1, 0.15) is 22.8 Å². The number of hydrogen-bond acceptors (Lipinski definition) is 1. The lowest BCUT2D eigenvalue weighted by molar-refractivity contribution is -0.137. The molecule has 21 heavy (non-hydrogen) atoms. The number of hydrogen-bond donors (Lipinski definition) is 1. The number of aliphatic hydroxyl groups excluding tert-OH is 1. The second-order valence-corrected chi connectivity index (χ2v) is 5.87. The first-order valence-corrected chi connectivity index (χ1v) is 7.23. The molecule has 0 fully saturated rings. The summed E-state index contributed by atoms with van der Waals surface area (Å²) in [6.07, 6.45) is -5.26. The molecule has 0 heterocycles. The van der Waals surface area contributed by atoms with E-state index in [1.807, 2.05) is 0 Å². The van der Waals surface area contributed by atoms with Gasteiger partial charge in [-0.05, 0) is 35.4 Å². The summed E-state index contributed by atoms with van der Waals surface area (Å²) < 4.78 is 38.6. The summed E-state index contributed by atoms with van der Waals surface area (Å²) in [6, 6.07) is 9.87. The first-order chi connectivity index (χ1) is 9.77. The molecule has 0 saturated heterocycles. The Hall–Kier alpha value is -1.04. The van der Waals surface area contributed by atoms with Crippen molar-refractivity contribution in [1.29, 1.82) is 0 Å². The molecule has 0 aliphatic carbocycles. The number of rotatable bonds is 3. The van der Waals surface area contributed by atoms with Crippen molar-refractivity contribution in [2.75, 3.05) is 0 Å². The molecule has 6 heteroatoms. The zero-order chi connectivity index (χ0) is 15.6. The van der Waals surface area contributed by atoms with E-state index in [2.05, 4.69) is 15.9 Å². The van der Waals surface area contributed by atoms with Crippen LogP contribution in [0.2, 0.25) is 5.02 Å². The maximum absolute atomic E-state index is 12.7. The van der Waals surface area contributed by atoms with Crippen LogP contribution in [0.5, 0.6) is 0 Å². The lowest BCUT2D eigenvalue weighted by atomic mass is 10.00. The van der Waals surface area contributed by atoms with Gasteiger partial charge in [0.15, 0.2) is 0 Å². The molecule has 2 aromatic carbocycles. The van der Waals surface area contributed by atoms with E-state index >= 15 is 0 Å². The highest BCUT2D eigenvalue weighted by Gasteiger charge is 2.30. The van der Waals surface area contributed by atoms with Gasteiger partial charge in [-0.3, -0.25) is 0 Å². The van der Waals surface area contributed by atoms with Crippen LogP contribution in [0.15, 0.2) is 46.9 Å². The van der Waals surface area contributed by atoms with Gasteiger partial charge in [0.25, 0.3) is 0 Å². The Balaban J connectivity index is 2.23. The lowest BCUT2D eigenvalue weighted by Crippen LogP contribution is -2.07. The van der Waals surface area contributed by atoms with Crippen LogP contribution >= 0.6 is 27.5 Å². The maximum Gasteiger partial charge on any atom is 0.416 e. The van der Waals surface area contributed by atoms with E-state index in [0.717, 1.165) is 12.1 Å². The van der Waals surface area contributed by atoms with Gasteiger partial charge in [-0.15, -0.1) is 0 Å². The molecule has 0 spiro atoms. The molecular weight excluding hydrogens is 369 g/mol. The third-order valence-electron chi connectivity index (χ3n) is 3.00. The Bertz CT molecular complexity index is 643. The van der Waals surface area contributed by atoms with Crippen molar-refractivity contribution in [3.8, 4) is 0 Å². The van der Waals surface area contributed by atoms with E-state index in [1.54, 1.807) is 24.3 Å². The van der Waals surface area contributed by atoms with Gasteiger partial charge < -0.3 is 5.11 Å². The van der Waals surface area contributed by atoms with Crippen LogP contribution in [0, 0.1) is 0 Å². The van der Waals surface area contributed by atoms with Crippen molar-refractivity contribution < 1.29 is 18.3 Å². The fraction of sp³-hybridized carbons (Fsp3) is 0.200. The van der Waals surface area contributed by atoms with Crippen molar-refractivity contribution >= 4 is 27.5 Å². The van der Waals surface area contributed by atoms with Crippen molar-refractivity contribution in [2.24, 2.45) is 0 Å². The van der Waals surface area contributed by atoms with Gasteiger partial charge in [-0.25, -0.2) is 0 Å². The molecule has 0 aliphatic rings. The third kappa shape index (κ3) is 4.22. The lowest BCUT2D eigenvalue weighted by Gasteiger charge is -2.15. The SMILES string of the molecule is OC(Cc1cccc(C(F)(F)F)c1)c1cc(Cl)ccc1Br. The van der Waals surface area contributed by atoms with Crippen molar-refractivity contribution in [2.45, 2.75) is 18.7 Å². The average molecular weight is 380 g/mol. The minimum Gasteiger partial charge on any atom is -0.388 e. The Labute approximate surface area is 133 Å². The minimum absolute atomic E-state index is 0.0723. The molecule has 1 N–H and O–H groups in total. The number of halogens is 5. The molecule has 0 amide bonds. The summed E-state index contributed by atoms with van der Waals surface area (Å²) in [7, 11) is 0. The normalized spacial score (nSPS) is 13.2. The van der Waals surface area contributed by atoms with Crippen LogP contribution < -0.4 is 0 Å². The maximum atomic E-state index is 12.7. The minimum atomic E-state index is -4.39. The number of alkyl halides is 3. The molecule has 0 saturated carbocycles. The Kier molecular flexibility index (Phi) is 4.96. The number of aliphatic hydroxyl groups is 1. The van der Waals surface area contributed by atoms with Crippen LogP contribution in [-0.2, 0) is 12.6 Å². The summed E-state index contributed by atoms with van der Waals surface area (Å²) in [5.74, 6) is 0. The summed E-state index contributed by atoms with van der Waals surface area (Å²) in [5.41, 5.74) is 0.224. The van der Waals surface area contributed by atoms with Crippen LogP contribution in [-0.4, -0.2) is 5.11 Å². The predicted octanol–water partition coefficient (Wildman–Crippen LogP) is 5.40. The van der Waals surface area contributed by atoms with E-state index in [4.69, 9.17) is 11.6 Å². The average Bonchev–Trinajstić information content (AvgIpc) is 2.41. The highest BCUT2D eigenvalue weighted by Crippen LogP contribution is 2.32. The molecule has 1 atom stereocenters. The fourth-order valence-electron chi connectivity index (χ4n) is 1.98. The molecule has 0 aliphatic heterocycles.